The van der Waals surface area contributed by atoms with E-state index in [9.17, 15) is 14.9 Å². The van der Waals surface area contributed by atoms with Gasteiger partial charge >= 0.3 is 0 Å². The summed E-state index contributed by atoms with van der Waals surface area (Å²) in [7, 11) is 3.11. The zero-order valence-electron chi connectivity index (χ0n) is 12.1. The first-order chi connectivity index (χ1) is 11.0. The normalized spacial score (nSPS) is 10.7. The number of anilines is 1. The molecule has 10 heteroatoms. The Morgan fingerprint density at radius 2 is 2.26 bits per heavy atom. The summed E-state index contributed by atoms with van der Waals surface area (Å²) in [6, 6.07) is 4.27. The number of amides is 1. The van der Waals surface area contributed by atoms with Crippen molar-refractivity contribution >= 4 is 38.3 Å². The molecule has 118 valence electrons. The van der Waals surface area contributed by atoms with Crippen molar-refractivity contribution in [2.45, 2.75) is 0 Å². The predicted octanol–water partition coefficient (Wildman–Crippen LogP) is 2.20. The fourth-order valence-corrected chi connectivity index (χ4v) is 2.91. The summed E-state index contributed by atoms with van der Waals surface area (Å²) in [5.74, 6) is -0.123. The summed E-state index contributed by atoms with van der Waals surface area (Å²) < 4.78 is 7.20. The quantitative estimate of drug-likeness (QED) is 0.578. The Bertz CT molecular complexity index is 916. The summed E-state index contributed by atoms with van der Waals surface area (Å²) in [6.45, 7) is 0. The summed E-state index contributed by atoms with van der Waals surface area (Å²) in [5.41, 5.74) is 0.615. The fraction of sp³-hybridized carbons (Fsp3) is 0.154. The molecule has 3 aromatic rings. The molecule has 0 atom stereocenters. The number of thiazole rings is 1. The molecule has 1 aromatic carbocycles. The Balaban J connectivity index is 1.96. The van der Waals surface area contributed by atoms with E-state index >= 15 is 0 Å². The molecule has 2 heterocycles. The molecular formula is C13H11N5O4S. The topological polar surface area (TPSA) is 112 Å². The number of ether oxygens (including phenoxy) is 1. The molecule has 1 amide bonds. The minimum atomic E-state index is -0.506. The number of nitro groups is 1. The fourth-order valence-electron chi connectivity index (χ4n) is 2.00. The Kier molecular flexibility index (Phi) is 3.66. The third-order valence-electron chi connectivity index (χ3n) is 3.04. The highest BCUT2D eigenvalue weighted by Gasteiger charge is 2.18. The van der Waals surface area contributed by atoms with E-state index in [1.54, 1.807) is 19.3 Å². The molecule has 0 radical (unpaired) electrons. The molecule has 23 heavy (non-hydrogen) atoms. The first-order valence-electron chi connectivity index (χ1n) is 6.42. The van der Waals surface area contributed by atoms with E-state index in [0.29, 0.717) is 15.3 Å². The van der Waals surface area contributed by atoms with Gasteiger partial charge in [0.15, 0.2) is 16.6 Å². The van der Waals surface area contributed by atoms with Crippen LogP contribution in [0.5, 0.6) is 5.75 Å². The minimum Gasteiger partial charge on any atom is -0.494 e. The monoisotopic (exact) mass is 333 g/mol. The van der Waals surface area contributed by atoms with Crippen LogP contribution in [0.3, 0.4) is 0 Å². The van der Waals surface area contributed by atoms with Crippen molar-refractivity contribution in [3.8, 4) is 5.75 Å². The average molecular weight is 333 g/mol. The molecular weight excluding hydrogens is 322 g/mol. The highest BCUT2D eigenvalue weighted by Crippen LogP contribution is 2.36. The lowest BCUT2D eigenvalue weighted by Gasteiger charge is -2.00. The van der Waals surface area contributed by atoms with Crippen LogP contribution in [0.25, 0.3) is 10.2 Å². The molecule has 0 aliphatic carbocycles. The van der Waals surface area contributed by atoms with Gasteiger partial charge in [-0.2, -0.15) is 5.10 Å². The largest absolute Gasteiger partial charge is 0.494 e. The molecule has 0 saturated carbocycles. The molecule has 2 aromatic heterocycles. The maximum Gasteiger partial charge on any atom is 0.277 e. The highest BCUT2D eigenvalue weighted by molar-refractivity contribution is 7.22. The molecule has 1 N–H and O–H groups in total. The van der Waals surface area contributed by atoms with Crippen LogP contribution < -0.4 is 10.1 Å². The molecule has 0 fully saturated rings. The van der Waals surface area contributed by atoms with Crippen LogP contribution in [0.15, 0.2) is 24.4 Å². The van der Waals surface area contributed by atoms with Crippen LogP contribution in [0.4, 0.5) is 10.8 Å². The Labute approximate surface area is 133 Å². The van der Waals surface area contributed by atoms with Gasteiger partial charge in [0, 0.05) is 19.3 Å². The second kappa shape index (κ2) is 5.65. The number of methoxy groups -OCH3 is 1. The van der Waals surface area contributed by atoms with Crippen molar-refractivity contribution in [1.29, 1.82) is 0 Å². The smallest absolute Gasteiger partial charge is 0.277 e. The molecule has 0 aliphatic heterocycles. The molecule has 3 rings (SSSR count). The van der Waals surface area contributed by atoms with Crippen LogP contribution in [-0.4, -0.2) is 32.7 Å². The number of nitrogens with zero attached hydrogens (tertiary/aromatic N) is 4. The van der Waals surface area contributed by atoms with E-state index in [1.165, 1.54) is 23.9 Å². The molecule has 0 spiro atoms. The molecule has 9 nitrogen and oxygen atoms in total. The van der Waals surface area contributed by atoms with Crippen LogP contribution in [0.1, 0.15) is 10.5 Å². The van der Waals surface area contributed by atoms with Gasteiger partial charge in [-0.1, -0.05) is 11.3 Å². The number of hydrogen-bond acceptors (Lipinski definition) is 7. The van der Waals surface area contributed by atoms with Crippen molar-refractivity contribution in [3.63, 3.8) is 0 Å². The Morgan fingerprint density at radius 1 is 1.48 bits per heavy atom. The predicted molar refractivity (Wildman–Crippen MR) is 84.0 cm³/mol. The highest BCUT2D eigenvalue weighted by atomic mass is 32.1. The number of hydrogen-bond donors (Lipinski definition) is 1. The van der Waals surface area contributed by atoms with Crippen molar-refractivity contribution < 1.29 is 14.5 Å². The molecule has 0 saturated heterocycles. The lowest BCUT2D eigenvalue weighted by atomic mass is 10.3. The first-order valence-corrected chi connectivity index (χ1v) is 7.23. The van der Waals surface area contributed by atoms with Crippen LogP contribution in [0.2, 0.25) is 0 Å². The van der Waals surface area contributed by atoms with Crippen molar-refractivity contribution in [2.75, 3.05) is 12.4 Å². The molecule has 0 aliphatic rings. The van der Waals surface area contributed by atoms with Gasteiger partial charge < -0.3 is 4.74 Å². The number of carbonyl (C=O) groups excluding carboxylic acids is 1. The zero-order chi connectivity index (χ0) is 16.6. The van der Waals surface area contributed by atoms with Crippen LogP contribution in [0, 0.1) is 10.1 Å². The van der Waals surface area contributed by atoms with Gasteiger partial charge in [-0.3, -0.25) is 24.9 Å². The lowest BCUT2D eigenvalue weighted by Crippen LogP contribution is -2.12. The van der Waals surface area contributed by atoms with E-state index in [0.717, 1.165) is 11.3 Å². The SMILES string of the molecule is COc1cc([N+](=O)[O-])cc2sc(NC(=O)c3ccn(C)n3)nc12. The maximum absolute atomic E-state index is 12.1. The summed E-state index contributed by atoms with van der Waals surface area (Å²) in [5, 5.41) is 17.9. The Morgan fingerprint density at radius 3 is 2.87 bits per heavy atom. The second-order valence-corrected chi connectivity index (χ2v) is 5.63. The zero-order valence-corrected chi connectivity index (χ0v) is 13.0. The number of carbonyl (C=O) groups is 1. The number of fused-ring (bicyclic) bond motifs is 1. The van der Waals surface area contributed by atoms with E-state index in [4.69, 9.17) is 4.74 Å². The molecule has 0 bridgehead atoms. The number of non-ortho nitro benzene ring substituents is 1. The van der Waals surface area contributed by atoms with Crippen molar-refractivity contribution in [1.82, 2.24) is 14.8 Å². The Hall–Kier alpha value is -3.01. The standard InChI is InChI=1S/C13H11N5O4S/c1-17-4-3-8(16-17)12(19)15-13-14-11-9(22-2)5-7(18(20)21)6-10(11)23-13/h3-6H,1-2H3,(H,14,15,19). The number of aromatic nitrogens is 3. The van der Waals surface area contributed by atoms with E-state index in [2.05, 4.69) is 15.4 Å². The van der Waals surface area contributed by atoms with E-state index in [-0.39, 0.29) is 17.1 Å². The van der Waals surface area contributed by atoms with Gasteiger partial charge in [-0.05, 0) is 6.07 Å². The van der Waals surface area contributed by atoms with Gasteiger partial charge in [0.1, 0.15) is 5.52 Å². The molecule has 0 unspecified atom stereocenters. The number of benzene rings is 1. The maximum atomic E-state index is 12.1. The van der Waals surface area contributed by atoms with Crippen LogP contribution >= 0.6 is 11.3 Å². The number of nitrogens with one attached hydrogen (secondary N) is 1. The third-order valence-corrected chi connectivity index (χ3v) is 3.96. The average Bonchev–Trinajstić information content (AvgIpc) is 3.11. The van der Waals surface area contributed by atoms with Gasteiger partial charge in [0.25, 0.3) is 11.6 Å². The summed E-state index contributed by atoms with van der Waals surface area (Å²) in [4.78, 5) is 26.8. The van der Waals surface area contributed by atoms with Crippen molar-refractivity contribution in [2.24, 2.45) is 7.05 Å². The van der Waals surface area contributed by atoms with E-state index in [1.807, 2.05) is 0 Å². The third kappa shape index (κ3) is 2.83. The number of rotatable bonds is 4. The first kappa shape index (κ1) is 14.9. The van der Waals surface area contributed by atoms with Crippen LogP contribution in [-0.2, 0) is 7.05 Å². The summed E-state index contributed by atoms with van der Waals surface area (Å²) in [6.07, 6.45) is 1.65. The lowest BCUT2D eigenvalue weighted by molar-refractivity contribution is -0.384. The van der Waals surface area contributed by atoms with E-state index < -0.39 is 10.8 Å². The van der Waals surface area contributed by atoms with Crippen molar-refractivity contribution in [3.05, 3.63) is 40.2 Å². The number of nitro benzene ring substituents is 1. The second-order valence-electron chi connectivity index (χ2n) is 4.60. The van der Waals surface area contributed by atoms with Gasteiger partial charge in [0.2, 0.25) is 0 Å². The summed E-state index contributed by atoms with van der Waals surface area (Å²) >= 11 is 1.13. The van der Waals surface area contributed by atoms with Gasteiger partial charge in [0.05, 0.1) is 22.8 Å². The van der Waals surface area contributed by atoms with Gasteiger partial charge in [-0.15, -0.1) is 0 Å². The number of aryl methyl sites for hydroxylation is 1. The minimum absolute atomic E-state index is 0.0967. The van der Waals surface area contributed by atoms with Gasteiger partial charge in [-0.25, -0.2) is 4.98 Å².